The van der Waals surface area contributed by atoms with Crippen LogP contribution >= 0.6 is 0 Å². The first-order valence-corrected chi connectivity index (χ1v) is 12.5. The van der Waals surface area contributed by atoms with E-state index in [1.165, 1.54) is 6.92 Å². The van der Waals surface area contributed by atoms with Gasteiger partial charge in [-0.2, -0.15) is 0 Å². The Bertz CT molecular complexity index is 1130. The van der Waals surface area contributed by atoms with Crippen LogP contribution in [0.5, 0.6) is 0 Å². The number of fused-ring (bicyclic) bond motifs is 1. The smallest absolute Gasteiger partial charge is 0.326 e. The third-order valence-corrected chi connectivity index (χ3v) is 6.08. The number of para-hydroxylation sites is 1. The maximum absolute atomic E-state index is 12.8. The Morgan fingerprint density at radius 3 is 2.29 bits per heavy atom. The molecular weight excluding hydrogens is 494 g/mol. The number of aromatic amines is 1. The van der Waals surface area contributed by atoms with Crippen molar-refractivity contribution >= 4 is 40.5 Å². The predicted molar refractivity (Wildman–Crippen MR) is 140 cm³/mol. The van der Waals surface area contributed by atoms with Crippen molar-refractivity contribution in [3.63, 3.8) is 0 Å². The summed E-state index contributed by atoms with van der Waals surface area (Å²) in [5, 5.41) is 17.8. The first kappa shape index (κ1) is 30.3. The minimum atomic E-state index is -1.36. The van der Waals surface area contributed by atoms with Crippen LogP contribution in [0.4, 0.5) is 0 Å². The highest BCUT2D eigenvalue weighted by Crippen LogP contribution is 2.18. The lowest BCUT2D eigenvalue weighted by molar-refractivity contribution is -0.142. The van der Waals surface area contributed by atoms with Crippen LogP contribution in [0.1, 0.15) is 44.6 Å². The number of nitrogens with one attached hydrogen (secondary N) is 4. The zero-order valence-corrected chi connectivity index (χ0v) is 21.4. The SMILES string of the molecule is CC(NC(=O)C(N)Cc1c[nH]c2ccccc12)C(=O)NC(CCCCN)C(=O)NC(CCC(N)=O)C(=O)O. The molecule has 2 rings (SSSR count). The zero-order valence-electron chi connectivity index (χ0n) is 21.4. The maximum Gasteiger partial charge on any atom is 0.326 e. The molecule has 4 atom stereocenters. The second kappa shape index (κ2) is 14.7. The van der Waals surface area contributed by atoms with Gasteiger partial charge >= 0.3 is 5.97 Å². The van der Waals surface area contributed by atoms with E-state index in [1.807, 2.05) is 24.3 Å². The van der Waals surface area contributed by atoms with Crippen molar-refractivity contribution in [3.05, 3.63) is 36.0 Å². The van der Waals surface area contributed by atoms with Crippen molar-refractivity contribution in [1.29, 1.82) is 0 Å². The number of amides is 4. The fraction of sp³-hybridized carbons (Fsp3) is 0.480. The molecule has 0 aliphatic carbocycles. The van der Waals surface area contributed by atoms with Crippen molar-refractivity contribution in [2.24, 2.45) is 17.2 Å². The molecule has 0 fully saturated rings. The third kappa shape index (κ3) is 9.16. The van der Waals surface area contributed by atoms with E-state index in [-0.39, 0.29) is 25.7 Å². The summed E-state index contributed by atoms with van der Waals surface area (Å²) in [6.07, 6.45) is 2.87. The van der Waals surface area contributed by atoms with E-state index in [0.29, 0.717) is 19.4 Å². The summed E-state index contributed by atoms with van der Waals surface area (Å²) >= 11 is 0. The quantitative estimate of drug-likeness (QED) is 0.125. The number of H-pyrrole nitrogens is 1. The van der Waals surface area contributed by atoms with Gasteiger partial charge in [-0.15, -0.1) is 0 Å². The normalized spacial score (nSPS) is 14.2. The third-order valence-electron chi connectivity index (χ3n) is 6.08. The Morgan fingerprint density at radius 1 is 0.947 bits per heavy atom. The first-order valence-electron chi connectivity index (χ1n) is 12.5. The molecule has 4 amide bonds. The molecule has 13 nitrogen and oxygen atoms in total. The number of carboxylic acid groups (broad SMARTS) is 1. The summed E-state index contributed by atoms with van der Waals surface area (Å²) in [6.45, 7) is 1.83. The maximum atomic E-state index is 12.8. The van der Waals surface area contributed by atoms with Gasteiger partial charge in [-0.25, -0.2) is 4.79 Å². The number of carboxylic acids is 1. The second-order valence-electron chi connectivity index (χ2n) is 9.15. The number of primary amides is 1. The molecule has 13 heteroatoms. The van der Waals surface area contributed by atoms with Gasteiger partial charge in [0, 0.05) is 23.5 Å². The number of nitrogens with two attached hydrogens (primary N) is 3. The average molecular weight is 532 g/mol. The fourth-order valence-electron chi connectivity index (χ4n) is 3.89. The van der Waals surface area contributed by atoms with Crippen LogP contribution in [0.25, 0.3) is 10.9 Å². The van der Waals surface area contributed by atoms with E-state index in [0.717, 1.165) is 16.5 Å². The van der Waals surface area contributed by atoms with Gasteiger partial charge in [-0.05, 0) is 57.2 Å². The lowest BCUT2D eigenvalue weighted by Crippen LogP contribution is -2.56. The second-order valence-corrected chi connectivity index (χ2v) is 9.15. The van der Waals surface area contributed by atoms with Gasteiger partial charge in [-0.1, -0.05) is 18.2 Å². The summed E-state index contributed by atoms with van der Waals surface area (Å²) in [5.74, 6) is -3.96. The molecule has 4 unspecified atom stereocenters. The van der Waals surface area contributed by atoms with Gasteiger partial charge < -0.3 is 43.2 Å². The average Bonchev–Trinajstić information content (AvgIpc) is 3.28. The van der Waals surface area contributed by atoms with Crippen LogP contribution < -0.4 is 33.2 Å². The number of carbonyl (C=O) groups is 5. The van der Waals surface area contributed by atoms with Gasteiger partial charge in [0.1, 0.15) is 18.1 Å². The standard InChI is InChI=1S/C25H37N7O6/c1-14(30-23(35)17(27)12-15-13-29-18-7-3-2-6-16(15)18)22(34)31-19(8-4-5-11-26)24(36)32-20(25(37)38)9-10-21(28)33/h2-3,6-7,13-14,17,19-20,29H,4-5,8-12,26-27H2,1H3,(H2,28,33)(H,30,35)(H,31,34)(H,32,36)(H,37,38). The molecule has 0 saturated carbocycles. The molecule has 38 heavy (non-hydrogen) atoms. The van der Waals surface area contributed by atoms with E-state index in [1.54, 1.807) is 6.20 Å². The lowest BCUT2D eigenvalue weighted by Gasteiger charge is -2.23. The predicted octanol–water partition coefficient (Wildman–Crippen LogP) is -1.01. The van der Waals surface area contributed by atoms with Gasteiger partial charge in [0.25, 0.3) is 0 Å². The number of benzene rings is 1. The topological polar surface area (TPSA) is 236 Å². The van der Waals surface area contributed by atoms with E-state index >= 15 is 0 Å². The van der Waals surface area contributed by atoms with Gasteiger partial charge in [-0.3, -0.25) is 19.2 Å². The van der Waals surface area contributed by atoms with Crippen molar-refractivity contribution in [1.82, 2.24) is 20.9 Å². The summed E-state index contributed by atoms with van der Waals surface area (Å²) in [4.78, 5) is 64.0. The number of aliphatic carboxylic acids is 1. The largest absolute Gasteiger partial charge is 0.480 e. The van der Waals surface area contributed by atoms with Crippen LogP contribution in [0, 0.1) is 0 Å². The van der Waals surface area contributed by atoms with Crippen molar-refractivity contribution in [2.75, 3.05) is 6.54 Å². The summed E-state index contributed by atoms with van der Waals surface area (Å²) < 4.78 is 0. The van der Waals surface area contributed by atoms with Crippen molar-refractivity contribution < 1.29 is 29.1 Å². The number of aromatic nitrogens is 1. The molecule has 208 valence electrons. The number of hydrogen-bond acceptors (Lipinski definition) is 7. The molecule has 0 aliphatic heterocycles. The Morgan fingerprint density at radius 2 is 1.63 bits per heavy atom. The van der Waals surface area contributed by atoms with Gasteiger partial charge in [0.05, 0.1) is 6.04 Å². The molecule has 0 spiro atoms. The monoisotopic (exact) mass is 531 g/mol. The Balaban J connectivity index is 1.99. The van der Waals surface area contributed by atoms with Crippen molar-refractivity contribution in [2.45, 2.75) is 69.6 Å². The van der Waals surface area contributed by atoms with E-state index in [9.17, 15) is 29.1 Å². The Labute approximate surface area is 220 Å². The van der Waals surface area contributed by atoms with Crippen LogP contribution in [-0.4, -0.2) is 70.4 Å². The molecule has 1 aromatic heterocycles. The summed E-state index contributed by atoms with van der Waals surface area (Å²) in [5.41, 5.74) is 18.5. The van der Waals surface area contributed by atoms with Gasteiger partial charge in [0.2, 0.25) is 23.6 Å². The van der Waals surface area contributed by atoms with Crippen LogP contribution in [0.15, 0.2) is 30.5 Å². The Hall–Kier alpha value is -3.97. The van der Waals surface area contributed by atoms with Crippen molar-refractivity contribution in [3.8, 4) is 0 Å². The van der Waals surface area contributed by atoms with E-state index in [2.05, 4.69) is 20.9 Å². The van der Waals surface area contributed by atoms with Crippen LogP contribution in [0.2, 0.25) is 0 Å². The van der Waals surface area contributed by atoms with E-state index < -0.39 is 53.8 Å². The number of carbonyl (C=O) groups excluding carboxylic acids is 4. The number of unbranched alkanes of at least 4 members (excludes halogenated alkanes) is 1. The number of hydrogen-bond donors (Lipinski definition) is 8. The molecule has 11 N–H and O–H groups in total. The molecular formula is C25H37N7O6. The first-order chi connectivity index (χ1) is 18.0. The summed E-state index contributed by atoms with van der Waals surface area (Å²) in [7, 11) is 0. The van der Waals surface area contributed by atoms with Crippen LogP contribution in [0.3, 0.4) is 0 Å². The zero-order chi connectivity index (χ0) is 28.2. The lowest BCUT2D eigenvalue weighted by atomic mass is 10.0. The highest BCUT2D eigenvalue weighted by atomic mass is 16.4. The fourth-order valence-corrected chi connectivity index (χ4v) is 3.89. The Kier molecular flexibility index (Phi) is 11.7. The van der Waals surface area contributed by atoms with Crippen LogP contribution in [-0.2, 0) is 30.4 Å². The number of rotatable bonds is 16. The van der Waals surface area contributed by atoms with Gasteiger partial charge in [0.15, 0.2) is 0 Å². The molecule has 0 aliphatic rings. The minimum absolute atomic E-state index is 0.192. The molecule has 2 aromatic rings. The highest BCUT2D eigenvalue weighted by Gasteiger charge is 2.29. The highest BCUT2D eigenvalue weighted by molar-refractivity contribution is 5.94. The minimum Gasteiger partial charge on any atom is -0.480 e. The molecule has 0 radical (unpaired) electrons. The molecule has 0 bridgehead atoms. The summed E-state index contributed by atoms with van der Waals surface area (Å²) in [6, 6.07) is 3.22. The molecule has 1 aromatic carbocycles. The van der Waals surface area contributed by atoms with E-state index in [4.69, 9.17) is 17.2 Å². The molecule has 0 saturated heterocycles. The molecule has 1 heterocycles.